The maximum atomic E-state index is 5.02. The van der Waals surface area contributed by atoms with Crippen LogP contribution >= 0.6 is 0 Å². The molecular formula is C25H34N2. The van der Waals surface area contributed by atoms with Crippen LogP contribution < -0.4 is 0 Å². The molecule has 0 amide bonds. The summed E-state index contributed by atoms with van der Waals surface area (Å²) in [4.78, 5) is 10.0. The van der Waals surface area contributed by atoms with E-state index in [-0.39, 0.29) is 0 Å². The highest BCUT2D eigenvalue weighted by Gasteiger charge is 2.10. The second-order valence-electron chi connectivity index (χ2n) is 7.06. The van der Waals surface area contributed by atoms with Crippen molar-refractivity contribution in [3.63, 3.8) is 0 Å². The lowest BCUT2D eigenvalue weighted by atomic mass is 10.0. The van der Waals surface area contributed by atoms with Crippen molar-refractivity contribution in [2.24, 2.45) is 9.98 Å². The summed E-state index contributed by atoms with van der Waals surface area (Å²) in [6.45, 7) is 4.50. The first-order valence-electron chi connectivity index (χ1n) is 10.6. The molecule has 0 aromatic heterocycles. The standard InChI is InChI=1S/C25H34N2/c1-3-5-7-15-21-25(27-23-18-13-9-14-19-23)24(20-10-6-4-2)26-22-16-11-8-12-17-22/h8-9,11-14,16-19H,3-7,10,15,20-21H2,1-2H3. The maximum Gasteiger partial charge on any atom is 0.0633 e. The zero-order valence-corrected chi connectivity index (χ0v) is 17.0. The molecule has 0 N–H and O–H groups in total. The van der Waals surface area contributed by atoms with E-state index in [2.05, 4.69) is 62.4 Å². The third-order valence-corrected chi connectivity index (χ3v) is 4.66. The molecule has 2 aromatic carbocycles. The van der Waals surface area contributed by atoms with Crippen molar-refractivity contribution in [2.45, 2.75) is 71.6 Å². The number of rotatable bonds is 12. The summed E-state index contributed by atoms with van der Waals surface area (Å²) in [5.74, 6) is 0. The first-order valence-corrected chi connectivity index (χ1v) is 10.6. The van der Waals surface area contributed by atoms with Crippen molar-refractivity contribution in [1.29, 1.82) is 0 Å². The summed E-state index contributed by atoms with van der Waals surface area (Å²) in [6.07, 6.45) is 10.6. The lowest BCUT2D eigenvalue weighted by molar-refractivity contribution is 0.683. The Bertz CT molecular complexity index is 687. The van der Waals surface area contributed by atoms with Crippen molar-refractivity contribution < 1.29 is 0 Å². The Morgan fingerprint density at radius 3 is 1.41 bits per heavy atom. The van der Waals surface area contributed by atoms with E-state index in [1.165, 1.54) is 44.9 Å². The van der Waals surface area contributed by atoms with E-state index < -0.39 is 0 Å². The number of unbranched alkanes of at least 4 members (excludes halogenated alkanes) is 5. The molecule has 0 atom stereocenters. The molecule has 0 bridgehead atoms. The first kappa shape index (κ1) is 21.1. The van der Waals surface area contributed by atoms with E-state index in [1.54, 1.807) is 0 Å². The second-order valence-corrected chi connectivity index (χ2v) is 7.06. The Balaban J connectivity index is 2.29. The molecule has 0 aliphatic carbocycles. The fourth-order valence-electron chi connectivity index (χ4n) is 3.11. The van der Waals surface area contributed by atoms with Gasteiger partial charge in [0.2, 0.25) is 0 Å². The SMILES string of the molecule is CCCCCCC(=Nc1ccccc1)C(CCCCC)=Nc1ccccc1. The largest absolute Gasteiger partial charge is 0.252 e. The molecule has 0 aliphatic heterocycles. The summed E-state index contributed by atoms with van der Waals surface area (Å²) in [7, 11) is 0. The summed E-state index contributed by atoms with van der Waals surface area (Å²) in [5, 5.41) is 0. The number of hydrogen-bond donors (Lipinski definition) is 0. The van der Waals surface area contributed by atoms with Crippen LogP contribution in [0.2, 0.25) is 0 Å². The molecule has 144 valence electrons. The van der Waals surface area contributed by atoms with Crippen molar-refractivity contribution in [2.75, 3.05) is 0 Å². The molecule has 0 spiro atoms. The van der Waals surface area contributed by atoms with E-state index >= 15 is 0 Å². The second kappa shape index (κ2) is 13.0. The van der Waals surface area contributed by atoms with Gasteiger partial charge in [-0.2, -0.15) is 0 Å². The van der Waals surface area contributed by atoms with Gasteiger partial charge in [-0.1, -0.05) is 82.3 Å². The molecule has 0 heterocycles. The van der Waals surface area contributed by atoms with Gasteiger partial charge in [0.25, 0.3) is 0 Å². The fourth-order valence-corrected chi connectivity index (χ4v) is 3.11. The van der Waals surface area contributed by atoms with Crippen molar-refractivity contribution in [1.82, 2.24) is 0 Å². The fraction of sp³-hybridized carbons (Fsp3) is 0.440. The van der Waals surface area contributed by atoms with Crippen LogP contribution in [-0.2, 0) is 0 Å². The molecule has 0 unspecified atom stereocenters. The van der Waals surface area contributed by atoms with Crippen LogP contribution in [0, 0.1) is 0 Å². The minimum atomic E-state index is 1.00. The normalized spacial score (nSPS) is 12.4. The van der Waals surface area contributed by atoms with Gasteiger partial charge >= 0.3 is 0 Å². The molecule has 0 saturated carbocycles. The van der Waals surface area contributed by atoms with E-state index in [9.17, 15) is 0 Å². The van der Waals surface area contributed by atoms with Gasteiger partial charge in [0.15, 0.2) is 0 Å². The van der Waals surface area contributed by atoms with Crippen LogP contribution in [0.25, 0.3) is 0 Å². The molecule has 2 heteroatoms. The summed E-state index contributed by atoms with van der Waals surface area (Å²) < 4.78 is 0. The van der Waals surface area contributed by atoms with Gasteiger partial charge in [-0.15, -0.1) is 0 Å². The summed E-state index contributed by atoms with van der Waals surface area (Å²) in [6, 6.07) is 20.6. The van der Waals surface area contributed by atoms with E-state index in [0.717, 1.165) is 35.6 Å². The van der Waals surface area contributed by atoms with Crippen LogP contribution in [0.5, 0.6) is 0 Å². The Kier molecular flexibility index (Phi) is 10.2. The number of nitrogens with zero attached hydrogens (tertiary/aromatic N) is 2. The average Bonchev–Trinajstić information content (AvgIpc) is 2.71. The predicted molar refractivity (Wildman–Crippen MR) is 120 cm³/mol. The Hall–Kier alpha value is -2.22. The quantitative estimate of drug-likeness (QED) is 0.269. The number of aliphatic imine (C=N–C) groups is 2. The molecule has 0 fully saturated rings. The van der Waals surface area contributed by atoms with Crippen molar-refractivity contribution >= 4 is 22.8 Å². The van der Waals surface area contributed by atoms with Crippen LogP contribution in [0.1, 0.15) is 71.6 Å². The molecule has 2 rings (SSSR count). The van der Waals surface area contributed by atoms with Crippen molar-refractivity contribution in [3.05, 3.63) is 60.7 Å². The predicted octanol–water partition coefficient (Wildman–Crippen LogP) is 8.08. The van der Waals surface area contributed by atoms with Crippen LogP contribution in [0.15, 0.2) is 70.6 Å². The minimum absolute atomic E-state index is 1.00. The van der Waals surface area contributed by atoms with Gasteiger partial charge in [0.1, 0.15) is 0 Å². The maximum absolute atomic E-state index is 5.02. The molecule has 0 saturated heterocycles. The van der Waals surface area contributed by atoms with Gasteiger partial charge in [-0.25, -0.2) is 0 Å². The van der Waals surface area contributed by atoms with Crippen LogP contribution in [0.3, 0.4) is 0 Å². The van der Waals surface area contributed by atoms with Gasteiger partial charge in [0.05, 0.1) is 22.8 Å². The van der Waals surface area contributed by atoms with E-state index in [1.807, 2.05) is 12.1 Å². The monoisotopic (exact) mass is 362 g/mol. The lowest BCUT2D eigenvalue weighted by Gasteiger charge is -2.11. The highest BCUT2D eigenvalue weighted by Crippen LogP contribution is 2.19. The van der Waals surface area contributed by atoms with Gasteiger partial charge < -0.3 is 0 Å². The molecule has 27 heavy (non-hydrogen) atoms. The van der Waals surface area contributed by atoms with Gasteiger partial charge in [-0.3, -0.25) is 9.98 Å². The zero-order chi connectivity index (χ0) is 19.2. The average molecular weight is 363 g/mol. The highest BCUT2D eigenvalue weighted by atomic mass is 14.8. The minimum Gasteiger partial charge on any atom is -0.252 e. The van der Waals surface area contributed by atoms with Gasteiger partial charge in [-0.05, 0) is 49.9 Å². The van der Waals surface area contributed by atoms with Crippen LogP contribution in [-0.4, -0.2) is 11.4 Å². The molecule has 2 aromatic rings. The third kappa shape index (κ3) is 8.34. The number of hydrogen-bond acceptors (Lipinski definition) is 2. The molecule has 0 aliphatic rings. The van der Waals surface area contributed by atoms with Crippen molar-refractivity contribution in [3.8, 4) is 0 Å². The zero-order valence-electron chi connectivity index (χ0n) is 17.0. The third-order valence-electron chi connectivity index (χ3n) is 4.66. The van der Waals surface area contributed by atoms with Crippen LogP contribution in [0.4, 0.5) is 11.4 Å². The van der Waals surface area contributed by atoms with Gasteiger partial charge in [0, 0.05) is 0 Å². The lowest BCUT2D eigenvalue weighted by Crippen LogP contribution is -2.14. The summed E-state index contributed by atoms with van der Waals surface area (Å²) in [5.41, 5.74) is 4.38. The highest BCUT2D eigenvalue weighted by molar-refractivity contribution is 6.43. The first-order chi connectivity index (χ1) is 13.3. The van der Waals surface area contributed by atoms with E-state index in [4.69, 9.17) is 9.98 Å². The molecule has 2 nitrogen and oxygen atoms in total. The summed E-state index contributed by atoms with van der Waals surface area (Å²) >= 11 is 0. The topological polar surface area (TPSA) is 24.7 Å². The number of benzene rings is 2. The molecule has 0 radical (unpaired) electrons. The smallest absolute Gasteiger partial charge is 0.0633 e. The Labute approximate surface area is 165 Å². The number of para-hydroxylation sites is 2. The van der Waals surface area contributed by atoms with E-state index in [0.29, 0.717) is 0 Å². The Morgan fingerprint density at radius 1 is 0.556 bits per heavy atom. The Morgan fingerprint density at radius 2 is 0.963 bits per heavy atom. The molecular weight excluding hydrogens is 328 g/mol.